The van der Waals surface area contributed by atoms with Gasteiger partial charge in [-0.25, -0.2) is 0 Å². The van der Waals surface area contributed by atoms with Gasteiger partial charge >= 0.3 is 0 Å². The van der Waals surface area contributed by atoms with E-state index in [1.165, 1.54) is 58.5 Å². The van der Waals surface area contributed by atoms with Crippen molar-refractivity contribution in [3.05, 3.63) is 0 Å². The minimum Gasteiger partial charge on any atom is -0.302 e. The molecule has 1 aliphatic rings. The van der Waals surface area contributed by atoms with E-state index in [1.54, 1.807) is 0 Å². The Labute approximate surface area is 82.9 Å². The maximum atomic E-state index is 2.61. The molecule has 2 heteroatoms. The molecule has 0 unspecified atom stereocenters. The first-order valence-corrected chi connectivity index (χ1v) is 5.81. The summed E-state index contributed by atoms with van der Waals surface area (Å²) in [6.07, 6.45) is 3.96. The van der Waals surface area contributed by atoms with Gasteiger partial charge in [-0.05, 0) is 45.4 Å². The van der Waals surface area contributed by atoms with E-state index in [4.69, 9.17) is 0 Å². The minimum absolute atomic E-state index is 1.29. The molecule has 1 fully saturated rings. The van der Waals surface area contributed by atoms with E-state index < -0.39 is 0 Å². The minimum atomic E-state index is 1.29. The second-order valence-electron chi connectivity index (χ2n) is 4.04. The van der Waals surface area contributed by atoms with Gasteiger partial charge in [-0.15, -0.1) is 0 Å². The third kappa shape index (κ3) is 4.10. The number of hydrogen-bond acceptors (Lipinski definition) is 2. The molecule has 0 bridgehead atoms. The van der Waals surface area contributed by atoms with Crippen molar-refractivity contribution in [3.8, 4) is 0 Å². The van der Waals surface area contributed by atoms with Gasteiger partial charge in [0.1, 0.15) is 0 Å². The molecule has 0 aromatic heterocycles. The van der Waals surface area contributed by atoms with Crippen LogP contribution in [0.5, 0.6) is 0 Å². The molecule has 13 heavy (non-hydrogen) atoms. The standard InChI is InChI=1S/C11H24N2/c1-3-6-12-8-5-9-13(7-4-2)11-10-12/h3-11H2,1-2H3. The van der Waals surface area contributed by atoms with Gasteiger partial charge in [-0.1, -0.05) is 13.8 Å². The lowest BCUT2D eigenvalue weighted by Gasteiger charge is -2.20. The highest BCUT2D eigenvalue weighted by atomic mass is 15.2. The monoisotopic (exact) mass is 184 g/mol. The zero-order chi connectivity index (χ0) is 9.52. The van der Waals surface area contributed by atoms with Crippen LogP contribution in [0.4, 0.5) is 0 Å². The normalized spacial score (nSPS) is 21.7. The fraction of sp³-hybridized carbons (Fsp3) is 1.00. The van der Waals surface area contributed by atoms with Crippen molar-refractivity contribution in [1.82, 2.24) is 9.80 Å². The Balaban J connectivity index is 2.22. The Morgan fingerprint density at radius 2 is 1.23 bits per heavy atom. The molecule has 0 aromatic rings. The second kappa shape index (κ2) is 6.39. The predicted molar refractivity (Wildman–Crippen MR) is 58.1 cm³/mol. The summed E-state index contributed by atoms with van der Waals surface area (Å²) in [7, 11) is 0. The maximum absolute atomic E-state index is 2.61. The van der Waals surface area contributed by atoms with E-state index in [-0.39, 0.29) is 0 Å². The number of rotatable bonds is 4. The molecular weight excluding hydrogens is 160 g/mol. The smallest absolute Gasteiger partial charge is 0.0109 e. The molecule has 0 radical (unpaired) electrons. The van der Waals surface area contributed by atoms with Crippen LogP contribution in [-0.4, -0.2) is 49.1 Å². The molecule has 0 atom stereocenters. The summed E-state index contributed by atoms with van der Waals surface area (Å²) in [4.78, 5) is 5.21. The molecule has 0 saturated carbocycles. The van der Waals surface area contributed by atoms with Gasteiger partial charge in [-0.3, -0.25) is 0 Å². The van der Waals surface area contributed by atoms with Gasteiger partial charge in [-0.2, -0.15) is 0 Å². The second-order valence-corrected chi connectivity index (χ2v) is 4.04. The van der Waals surface area contributed by atoms with Gasteiger partial charge in [0, 0.05) is 13.1 Å². The Morgan fingerprint density at radius 3 is 1.62 bits per heavy atom. The Kier molecular flexibility index (Phi) is 5.40. The topological polar surface area (TPSA) is 6.48 Å². The zero-order valence-corrected chi connectivity index (χ0v) is 9.26. The molecule has 0 spiro atoms. The van der Waals surface area contributed by atoms with Gasteiger partial charge in [0.2, 0.25) is 0 Å². The van der Waals surface area contributed by atoms with E-state index in [1.807, 2.05) is 0 Å². The molecule has 78 valence electrons. The van der Waals surface area contributed by atoms with E-state index in [9.17, 15) is 0 Å². The fourth-order valence-corrected chi connectivity index (χ4v) is 2.10. The highest BCUT2D eigenvalue weighted by Crippen LogP contribution is 2.03. The van der Waals surface area contributed by atoms with Crippen molar-refractivity contribution in [2.45, 2.75) is 33.1 Å². The molecule has 0 amide bonds. The van der Waals surface area contributed by atoms with Crippen LogP contribution < -0.4 is 0 Å². The Bertz CT molecular complexity index is 111. The Hall–Kier alpha value is -0.0800. The van der Waals surface area contributed by atoms with Crippen molar-refractivity contribution in [3.63, 3.8) is 0 Å². The number of nitrogens with zero attached hydrogens (tertiary/aromatic N) is 2. The molecule has 2 nitrogen and oxygen atoms in total. The first kappa shape index (κ1) is 11.0. The summed E-state index contributed by atoms with van der Waals surface area (Å²) in [6, 6.07) is 0. The quantitative estimate of drug-likeness (QED) is 0.657. The predicted octanol–water partition coefficient (Wildman–Crippen LogP) is 1.81. The van der Waals surface area contributed by atoms with Crippen LogP contribution in [0.1, 0.15) is 33.1 Å². The van der Waals surface area contributed by atoms with Crippen LogP contribution in [0, 0.1) is 0 Å². The van der Waals surface area contributed by atoms with Crippen molar-refractivity contribution in [2.75, 3.05) is 39.3 Å². The summed E-state index contributed by atoms with van der Waals surface area (Å²) in [6.45, 7) is 12.3. The summed E-state index contributed by atoms with van der Waals surface area (Å²) in [5.41, 5.74) is 0. The third-order valence-electron chi connectivity index (χ3n) is 2.76. The van der Waals surface area contributed by atoms with Crippen molar-refractivity contribution in [2.24, 2.45) is 0 Å². The molecule has 0 N–H and O–H groups in total. The van der Waals surface area contributed by atoms with Crippen molar-refractivity contribution < 1.29 is 0 Å². The summed E-state index contributed by atoms with van der Waals surface area (Å²) in [5.74, 6) is 0. The molecule has 1 saturated heterocycles. The summed E-state index contributed by atoms with van der Waals surface area (Å²) >= 11 is 0. The highest BCUT2D eigenvalue weighted by molar-refractivity contribution is 4.68. The van der Waals surface area contributed by atoms with Crippen molar-refractivity contribution in [1.29, 1.82) is 0 Å². The first-order valence-electron chi connectivity index (χ1n) is 5.81. The van der Waals surface area contributed by atoms with E-state index >= 15 is 0 Å². The lowest BCUT2D eigenvalue weighted by molar-refractivity contribution is 0.257. The molecule has 0 aliphatic carbocycles. The third-order valence-corrected chi connectivity index (χ3v) is 2.76. The van der Waals surface area contributed by atoms with E-state index in [2.05, 4.69) is 23.6 Å². The SMILES string of the molecule is CCCN1CCCN(CCC)CC1. The maximum Gasteiger partial charge on any atom is 0.0109 e. The van der Waals surface area contributed by atoms with Gasteiger partial charge in [0.05, 0.1) is 0 Å². The molecular formula is C11H24N2. The summed E-state index contributed by atoms with van der Waals surface area (Å²) < 4.78 is 0. The average Bonchev–Trinajstić information content (AvgIpc) is 2.33. The zero-order valence-electron chi connectivity index (χ0n) is 9.26. The fourth-order valence-electron chi connectivity index (χ4n) is 2.10. The average molecular weight is 184 g/mol. The van der Waals surface area contributed by atoms with Gasteiger partial charge in [0.25, 0.3) is 0 Å². The van der Waals surface area contributed by atoms with Crippen LogP contribution in [0.25, 0.3) is 0 Å². The van der Waals surface area contributed by atoms with E-state index in [0.717, 1.165) is 0 Å². The van der Waals surface area contributed by atoms with Crippen LogP contribution in [0.3, 0.4) is 0 Å². The first-order chi connectivity index (χ1) is 6.36. The highest BCUT2D eigenvalue weighted by Gasteiger charge is 2.12. The van der Waals surface area contributed by atoms with Crippen molar-refractivity contribution >= 4 is 0 Å². The van der Waals surface area contributed by atoms with E-state index in [0.29, 0.717) is 0 Å². The van der Waals surface area contributed by atoms with Crippen LogP contribution in [-0.2, 0) is 0 Å². The lowest BCUT2D eigenvalue weighted by atomic mass is 10.3. The van der Waals surface area contributed by atoms with Gasteiger partial charge in [0.15, 0.2) is 0 Å². The lowest BCUT2D eigenvalue weighted by Crippen LogP contribution is -2.31. The van der Waals surface area contributed by atoms with Gasteiger partial charge < -0.3 is 9.80 Å². The van der Waals surface area contributed by atoms with Crippen LogP contribution in [0.2, 0.25) is 0 Å². The van der Waals surface area contributed by atoms with Crippen LogP contribution >= 0.6 is 0 Å². The molecule has 1 heterocycles. The molecule has 1 aliphatic heterocycles. The summed E-state index contributed by atoms with van der Waals surface area (Å²) in [5, 5.41) is 0. The Morgan fingerprint density at radius 1 is 0.769 bits per heavy atom. The molecule has 1 rings (SSSR count). The largest absolute Gasteiger partial charge is 0.302 e. The van der Waals surface area contributed by atoms with Crippen LogP contribution in [0.15, 0.2) is 0 Å². The number of hydrogen-bond donors (Lipinski definition) is 0. The molecule has 0 aromatic carbocycles.